The zero-order chi connectivity index (χ0) is 16.1. The number of aromatic nitrogens is 1. The molecule has 118 valence electrons. The highest BCUT2D eigenvalue weighted by Crippen LogP contribution is 2.35. The van der Waals surface area contributed by atoms with Gasteiger partial charge in [-0.2, -0.15) is 0 Å². The van der Waals surface area contributed by atoms with Gasteiger partial charge in [0, 0.05) is 24.5 Å². The maximum Gasteiger partial charge on any atom is 0.250 e. The minimum atomic E-state index is -0.130. The fourth-order valence-electron chi connectivity index (χ4n) is 2.38. The maximum atomic E-state index is 12.3. The molecule has 0 radical (unpaired) electrons. The molecule has 5 heteroatoms. The second kappa shape index (κ2) is 6.96. The summed E-state index contributed by atoms with van der Waals surface area (Å²) in [4.78, 5) is 16.2. The molecule has 23 heavy (non-hydrogen) atoms. The summed E-state index contributed by atoms with van der Waals surface area (Å²) in [6.07, 6.45) is 5.26. The van der Waals surface area contributed by atoms with Gasteiger partial charge in [-0.25, -0.2) is 0 Å². The Kier molecular flexibility index (Phi) is 4.57. The van der Waals surface area contributed by atoms with E-state index in [0.29, 0.717) is 30.2 Å². The van der Waals surface area contributed by atoms with Crippen LogP contribution < -0.4 is 14.8 Å². The number of benzene rings is 1. The largest absolute Gasteiger partial charge is 0.490 e. The Hall–Kier alpha value is -2.82. The fraction of sp³-hybridized carbons (Fsp3) is 0.222. The van der Waals surface area contributed by atoms with Gasteiger partial charge in [-0.05, 0) is 36.8 Å². The Morgan fingerprint density at radius 3 is 2.91 bits per heavy atom. The molecule has 0 atom stereocenters. The van der Waals surface area contributed by atoms with Gasteiger partial charge >= 0.3 is 0 Å². The minimum absolute atomic E-state index is 0.130. The summed E-state index contributed by atoms with van der Waals surface area (Å²) in [6.45, 7) is 3.20. The van der Waals surface area contributed by atoms with Crippen molar-refractivity contribution in [3.05, 3.63) is 59.4 Å². The zero-order valence-electron chi connectivity index (χ0n) is 12.9. The van der Waals surface area contributed by atoms with Crippen LogP contribution in [-0.2, 0) is 11.3 Å². The van der Waals surface area contributed by atoms with E-state index in [9.17, 15) is 4.79 Å². The third kappa shape index (κ3) is 3.51. The van der Waals surface area contributed by atoms with E-state index >= 15 is 0 Å². The summed E-state index contributed by atoms with van der Waals surface area (Å²) < 4.78 is 11.3. The molecule has 0 fully saturated rings. The maximum absolute atomic E-state index is 12.3. The number of ether oxygens (including phenoxy) is 2. The molecule has 0 aliphatic carbocycles. The highest BCUT2D eigenvalue weighted by Gasteiger charge is 2.19. The third-order valence-corrected chi connectivity index (χ3v) is 3.51. The Bertz CT molecular complexity index is 726. The molecule has 1 aliphatic heterocycles. The van der Waals surface area contributed by atoms with E-state index in [2.05, 4.69) is 10.3 Å². The molecule has 0 spiro atoms. The van der Waals surface area contributed by atoms with Crippen molar-refractivity contribution in [3.63, 3.8) is 0 Å². The number of carbonyl (C=O) groups is 1. The zero-order valence-corrected chi connectivity index (χ0v) is 12.9. The first-order valence-corrected chi connectivity index (χ1v) is 7.54. The van der Waals surface area contributed by atoms with Crippen LogP contribution in [0.25, 0.3) is 6.08 Å². The van der Waals surface area contributed by atoms with Gasteiger partial charge < -0.3 is 14.8 Å². The van der Waals surface area contributed by atoms with Gasteiger partial charge in [-0.3, -0.25) is 9.78 Å². The molecular weight excluding hydrogens is 292 g/mol. The summed E-state index contributed by atoms with van der Waals surface area (Å²) in [5.74, 6) is 1.27. The lowest BCUT2D eigenvalue weighted by Crippen LogP contribution is -2.28. The van der Waals surface area contributed by atoms with Crippen LogP contribution in [0.15, 0.2) is 48.3 Å². The van der Waals surface area contributed by atoms with Gasteiger partial charge in [0.05, 0.1) is 12.2 Å². The molecule has 1 N–H and O–H groups in total. The lowest BCUT2D eigenvalue weighted by Gasteiger charge is -2.20. The number of nitrogens with zero attached hydrogens (tertiary/aromatic N) is 1. The van der Waals surface area contributed by atoms with Crippen molar-refractivity contribution < 1.29 is 14.3 Å². The van der Waals surface area contributed by atoms with Gasteiger partial charge in [0.25, 0.3) is 5.91 Å². The molecule has 2 aromatic rings. The Morgan fingerprint density at radius 2 is 2.13 bits per heavy atom. The first kappa shape index (κ1) is 15.1. The van der Waals surface area contributed by atoms with Crippen LogP contribution in [0.3, 0.4) is 0 Å². The Morgan fingerprint density at radius 1 is 1.30 bits per heavy atom. The molecule has 1 aromatic heterocycles. The average molecular weight is 310 g/mol. The van der Waals surface area contributed by atoms with Crippen molar-refractivity contribution >= 4 is 12.0 Å². The molecule has 0 saturated heterocycles. The predicted molar refractivity (Wildman–Crippen MR) is 87.2 cm³/mol. The Balaban J connectivity index is 1.71. The van der Waals surface area contributed by atoms with Crippen LogP contribution in [0, 0.1) is 0 Å². The molecule has 0 bridgehead atoms. The molecule has 2 heterocycles. The van der Waals surface area contributed by atoms with E-state index in [-0.39, 0.29) is 12.5 Å². The van der Waals surface area contributed by atoms with Crippen LogP contribution in [0.1, 0.15) is 18.1 Å². The van der Waals surface area contributed by atoms with E-state index in [0.717, 1.165) is 11.1 Å². The average Bonchev–Trinajstić information content (AvgIpc) is 2.60. The van der Waals surface area contributed by atoms with Crippen molar-refractivity contribution in [2.45, 2.75) is 13.5 Å². The van der Waals surface area contributed by atoms with Crippen molar-refractivity contribution in [1.29, 1.82) is 0 Å². The number of nitrogens with one attached hydrogen (secondary N) is 1. The molecule has 3 rings (SSSR count). The van der Waals surface area contributed by atoms with Crippen LogP contribution >= 0.6 is 0 Å². The number of hydrogen-bond donors (Lipinski definition) is 1. The predicted octanol–water partition coefficient (Wildman–Crippen LogP) is 2.57. The number of amides is 1. The number of para-hydroxylation sites is 1. The number of fused-ring (bicyclic) bond motifs is 1. The highest BCUT2D eigenvalue weighted by atomic mass is 16.5. The molecule has 0 saturated carbocycles. The summed E-state index contributed by atoms with van der Waals surface area (Å²) in [5.41, 5.74) is 2.46. The first-order chi connectivity index (χ1) is 11.3. The van der Waals surface area contributed by atoms with Gasteiger partial charge in [-0.15, -0.1) is 0 Å². The lowest BCUT2D eigenvalue weighted by atomic mass is 10.1. The van der Waals surface area contributed by atoms with Crippen LogP contribution in [0.5, 0.6) is 11.5 Å². The SMILES string of the molecule is CCOc1cccc2c1OCC(C(=O)NCc1ccncc1)=C2. The molecule has 1 amide bonds. The van der Waals surface area contributed by atoms with Crippen molar-refractivity contribution in [2.24, 2.45) is 0 Å². The standard InChI is InChI=1S/C18H18N2O3/c1-2-22-16-5-3-4-14-10-15(12-23-17(14)16)18(21)20-11-13-6-8-19-9-7-13/h3-10H,2,11-12H2,1H3,(H,20,21). The van der Waals surface area contributed by atoms with E-state index in [1.165, 1.54) is 0 Å². The molecule has 0 unspecified atom stereocenters. The van der Waals surface area contributed by atoms with Crippen LogP contribution in [0.4, 0.5) is 0 Å². The monoisotopic (exact) mass is 310 g/mol. The first-order valence-electron chi connectivity index (χ1n) is 7.54. The van der Waals surface area contributed by atoms with Gasteiger partial charge in [0.1, 0.15) is 6.61 Å². The van der Waals surface area contributed by atoms with E-state index < -0.39 is 0 Å². The van der Waals surface area contributed by atoms with Gasteiger partial charge in [0.15, 0.2) is 11.5 Å². The van der Waals surface area contributed by atoms with Crippen LogP contribution in [0.2, 0.25) is 0 Å². The van der Waals surface area contributed by atoms with Crippen molar-refractivity contribution in [1.82, 2.24) is 10.3 Å². The second-order valence-corrected chi connectivity index (χ2v) is 5.10. The molecule has 1 aliphatic rings. The second-order valence-electron chi connectivity index (χ2n) is 5.10. The number of hydrogen-bond acceptors (Lipinski definition) is 4. The number of carbonyl (C=O) groups excluding carboxylic acids is 1. The molecule has 5 nitrogen and oxygen atoms in total. The normalized spacial score (nSPS) is 12.7. The van der Waals surface area contributed by atoms with E-state index in [1.807, 2.05) is 43.3 Å². The quantitative estimate of drug-likeness (QED) is 0.922. The number of pyridine rings is 1. The minimum Gasteiger partial charge on any atom is -0.490 e. The van der Waals surface area contributed by atoms with E-state index in [1.54, 1.807) is 12.4 Å². The highest BCUT2D eigenvalue weighted by molar-refractivity contribution is 5.99. The topological polar surface area (TPSA) is 60.5 Å². The third-order valence-electron chi connectivity index (χ3n) is 3.51. The van der Waals surface area contributed by atoms with E-state index in [4.69, 9.17) is 9.47 Å². The fourth-order valence-corrected chi connectivity index (χ4v) is 2.38. The lowest BCUT2D eigenvalue weighted by molar-refractivity contribution is -0.117. The summed E-state index contributed by atoms with van der Waals surface area (Å²) in [7, 11) is 0. The van der Waals surface area contributed by atoms with Crippen molar-refractivity contribution in [3.8, 4) is 11.5 Å². The van der Waals surface area contributed by atoms with Gasteiger partial charge in [0.2, 0.25) is 0 Å². The molecular formula is C18H18N2O3. The molecule has 1 aromatic carbocycles. The summed E-state index contributed by atoms with van der Waals surface area (Å²) in [5, 5.41) is 2.89. The summed E-state index contributed by atoms with van der Waals surface area (Å²) >= 11 is 0. The van der Waals surface area contributed by atoms with Crippen LogP contribution in [-0.4, -0.2) is 24.1 Å². The smallest absolute Gasteiger partial charge is 0.250 e. The number of rotatable bonds is 5. The Labute approximate surface area is 135 Å². The summed E-state index contributed by atoms with van der Waals surface area (Å²) in [6, 6.07) is 9.41. The van der Waals surface area contributed by atoms with Gasteiger partial charge in [-0.1, -0.05) is 12.1 Å². The van der Waals surface area contributed by atoms with Crippen molar-refractivity contribution in [2.75, 3.05) is 13.2 Å².